The number of hydrogen-bond donors (Lipinski definition) is 0. The molecular weight excluding hydrogens is 452 g/mol. The standard InChI is InChI=1S/C26H22N2O5S/c1-4-32-23-15-18(7-12-22(23)33-26(31)24-6-5-13-34-24)14-21-16(2)27-28(25(21)30)20-10-8-19(9-11-20)17(3)29/h5-15H,4H2,1-3H3/b21-14-. The fourth-order valence-electron chi connectivity index (χ4n) is 3.38. The van der Waals surface area contributed by atoms with Crippen molar-refractivity contribution in [3.05, 3.63) is 81.6 Å². The lowest BCUT2D eigenvalue weighted by atomic mass is 10.1. The number of carbonyl (C=O) groups is 3. The van der Waals surface area contributed by atoms with Gasteiger partial charge in [-0.25, -0.2) is 4.79 Å². The minimum Gasteiger partial charge on any atom is -0.490 e. The number of esters is 1. The van der Waals surface area contributed by atoms with Gasteiger partial charge in [0.25, 0.3) is 5.91 Å². The van der Waals surface area contributed by atoms with Crippen molar-refractivity contribution in [2.45, 2.75) is 20.8 Å². The van der Waals surface area contributed by atoms with Gasteiger partial charge in [0.1, 0.15) is 4.88 Å². The number of thiophene rings is 1. The van der Waals surface area contributed by atoms with Crippen molar-refractivity contribution in [1.82, 2.24) is 0 Å². The number of Topliss-reactive ketones (excluding diaryl/α,β-unsaturated/α-hetero) is 1. The van der Waals surface area contributed by atoms with Gasteiger partial charge in [-0.05, 0) is 80.3 Å². The maximum Gasteiger partial charge on any atom is 0.353 e. The van der Waals surface area contributed by atoms with Crippen LogP contribution in [-0.4, -0.2) is 30.0 Å². The third-order valence-corrected chi connectivity index (χ3v) is 5.93. The van der Waals surface area contributed by atoms with E-state index in [-0.39, 0.29) is 11.7 Å². The molecule has 0 atom stereocenters. The molecule has 2 heterocycles. The average Bonchev–Trinajstić information content (AvgIpc) is 3.46. The van der Waals surface area contributed by atoms with E-state index in [1.54, 1.807) is 73.0 Å². The van der Waals surface area contributed by atoms with Gasteiger partial charge < -0.3 is 9.47 Å². The van der Waals surface area contributed by atoms with E-state index in [0.717, 1.165) is 0 Å². The summed E-state index contributed by atoms with van der Waals surface area (Å²) in [4.78, 5) is 37.4. The van der Waals surface area contributed by atoms with Crippen LogP contribution >= 0.6 is 11.3 Å². The van der Waals surface area contributed by atoms with Gasteiger partial charge in [0.15, 0.2) is 17.3 Å². The summed E-state index contributed by atoms with van der Waals surface area (Å²) < 4.78 is 11.2. The number of anilines is 1. The van der Waals surface area contributed by atoms with Crippen LogP contribution in [0.2, 0.25) is 0 Å². The van der Waals surface area contributed by atoms with Crippen LogP contribution in [0.5, 0.6) is 11.5 Å². The summed E-state index contributed by atoms with van der Waals surface area (Å²) in [7, 11) is 0. The van der Waals surface area contributed by atoms with Crippen LogP contribution in [0.1, 0.15) is 46.4 Å². The summed E-state index contributed by atoms with van der Waals surface area (Å²) in [6.07, 6.45) is 1.72. The Kier molecular flexibility index (Phi) is 6.70. The normalized spacial score (nSPS) is 14.3. The Labute approximate surface area is 200 Å². The molecule has 0 fully saturated rings. The van der Waals surface area contributed by atoms with Crippen LogP contribution in [0.25, 0.3) is 6.08 Å². The van der Waals surface area contributed by atoms with Gasteiger partial charge >= 0.3 is 5.97 Å². The SMILES string of the molecule is CCOc1cc(/C=C2\C(=O)N(c3ccc(C(C)=O)cc3)N=C2C)ccc1OC(=O)c1cccs1. The molecule has 0 saturated heterocycles. The highest BCUT2D eigenvalue weighted by Gasteiger charge is 2.29. The lowest BCUT2D eigenvalue weighted by molar-refractivity contribution is -0.114. The molecule has 172 valence electrons. The van der Waals surface area contributed by atoms with Crippen molar-refractivity contribution in [2.24, 2.45) is 5.10 Å². The Bertz CT molecular complexity index is 1310. The van der Waals surface area contributed by atoms with Crippen molar-refractivity contribution >= 4 is 46.5 Å². The number of carbonyl (C=O) groups excluding carboxylic acids is 3. The van der Waals surface area contributed by atoms with E-state index in [2.05, 4.69) is 5.10 Å². The van der Waals surface area contributed by atoms with Crippen LogP contribution in [0.3, 0.4) is 0 Å². The number of ether oxygens (including phenoxy) is 2. The highest BCUT2D eigenvalue weighted by atomic mass is 32.1. The van der Waals surface area contributed by atoms with E-state index >= 15 is 0 Å². The Balaban J connectivity index is 1.58. The Hall–Kier alpha value is -4.04. The Morgan fingerprint density at radius 1 is 1.09 bits per heavy atom. The predicted octanol–water partition coefficient (Wildman–Crippen LogP) is 5.37. The van der Waals surface area contributed by atoms with Gasteiger partial charge in [0.05, 0.1) is 23.6 Å². The number of ketones is 1. The second-order valence-electron chi connectivity index (χ2n) is 7.47. The van der Waals surface area contributed by atoms with Crippen LogP contribution in [0, 0.1) is 0 Å². The fourth-order valence-corrected chi connectivity index (χ4v) is 3.97. The number of hydrazone groups is 1. The van der Waals surface area contributed by atoms with Crippen molar-refractivity contribution in [2.75, 3.05) is 11.6 Å². The number of rotatable bonds is 7. The van der Waals surface area contributed by atoms with Gasteiger partial charge in [-0.15, -0.1) is 11.3 Å². The molecular formula is C26H22N2O5S. The first-order valence-corrected chi connectivity index (χ1v) is 11.5. The summed E-state index contributed by atoms with van der Waals surface area (Å²) in [6.45, 7) is 5.47. The maximum atomic E-state index is 13.1. The molecule has 0 radical (unpaired) electrons. The molecule has 2 aromatic carbocycles. The van der Waals surface area contributed by atoms with Gasteiger partial charge in [-0.3, -0.25) is 9.59 Å². The third-order valence-electron chi connectivity index (χ3n) is 5.08. The van der Waals surface area contributed by atoms with Gasteiger partial charge in [-0.2, -0.15) is 10.1 Å². The molecule has 1 aromatic heterocycles. The molecule has 3 aromatic rings. The molecule has 7 nitrogen and oxygen atoms in total. The van der Waals surface area contributed by atoms with E-state index in [1.807, 2.05) is 6.92 Å². The monoisotopic (exact) mass is 474 g/mol. The maximum absolute atomic E-state index is 13.1. The molecule has 0 bridgehead atoms. The first-order chi connectivity index (χ1) is 16.4. The zero-order chi connectivity index (χ0) is 24.2. The minimum absolute atomic E-state index is 0.0471. The quantitative estimate of drug-likeness (QED) is 0.199. The zero-order valence-corrected chi connectivity index (χ0v) is 19.7. The first kappa shape index (κ1) is 23.1. The molecule has 1 aliphatic heterocycles. The van der Waals surface area contributed by atoms with E-state index in [9.17, 15) is 14.4 Å². The lowest BCUT2D eigenvalue weighted by Crippen LogP contribution is -2.21. The van der Waals surface area contributed by atoms with Crippen molar-refractivity contribution in [1.29, 1.82) is 0 Å². The summed E-state index contributed by atoms with van der Waals surface area (Å²) in [5.74, 6) is -0.0768. The Morgan fingerprint density at radius 2 is 1.85 bits per heavy atom. The van der Waals surface area contributed by atoms with E-state index in [1.165, 1.54) is 23.3 Å². The number of hydrogen-bond acceptors (Lipinski definition) is 7. The van der Waals surface area contributed by atoms with Crippen molar-refractivity contribution in [3.8, 4) is 11.5 Å². The van der Waals surface area contributed by atoms with E-state index < -0.39 is 5.97 Å². The summed E-state index contributed by atoms with van der Waals surface area (Å²) in [5.41, 5.74) is 2.83. The van der Waals surface area contributed by atoms with E-state index in [4.69, 9.17) is 9.47 Å². The number of nitrogens with zero attached hydrogens (tertiary/aromatic N) is 2. The molecule has 0 saturated carbocycles. The fraction of sp³-hybridized carbons (Fsp3) is 0.154. The topological polar surface area (TPSA) is 85.3 Å². The smallest absolute Gasteiger partial charge is 0.353 e. The lowest BCUT2D eigenvalue weighted by Gasteiger charge is -2.12. The van der Waals surface area contributed by atoms with Crippen LogP contribution in [0.15, 0.2) is 70.7 Å². The predicted molar refractivity (Wildman–Crippen MR) is 132 cm³/mol. The third kappa shape index (κ3) is 4.82. The highest BCUT2D eigenvalue weighted by molar-refractivity contribution is 7.12. The second-order valence-corrected chi connectivity index (χ2v) is 8.42. The minimum atomic E-state index is -0.456. The first-order valence-electron chi connectivity index (χ1n) is 10.6. The molecule has 8 heteroatoms. The van der Waals surface area contributed by atoms with Crippen molar-refractivity contribution < 1.29 is 23.9 Å². The number of amides is 1. The van der Waals surface area contributed by atoms with Crippen LogP contribution in [-0.2, 0) is 4.79 Å². The summed E-state index contributed by atoms with van der Waals surface area (Å²) in [6, 6.07) is 15.3. The molecule has 4 rings (SSSR count). The van der Waals surface area contributed by atoms with Gasteiger partial charge in [0.2, 0.25) is 0 Å². The molecule has 34 heavy (non-hydrogen) atoms. The van der Waals surface area contributed by atoms with Gasteiger partial charge in [0, 0.05) is 5.56 Å². The average molecular weight is 475 g/mol. The van der Waals surface area contributed by atoms with Crippen LogP contribution < -0.4 is 14.5 Å². The molecule has 0 unspecified atom stereocenters. The molecule has 0 N–H and O–H groups in total. The highest BCUT2D eigenvalue weighted by Crippen LogP contribution is 2.32. The zero-order valence-electron chi connectivity index (χ0n) is 18.9. The largest absolute Gasteiger partial charge is 0.490 e. The molecule has 1 amide bonds. The number of benzene rings is 2. The molecule has 0 spiro atoms. The van der Waals surface area contributed by atoms with E-state index in [0.29, 0.717) is 51.1 Å². The second kappa shape index (κ2) is 9.84. The summed E-state index contributed by atoms with van der Waals surface area (Å²) >= 11 is 1.30. The van der Waals surface area contributed by atoms with Crippen molar-refractivity contribution in [3.63, 3.8) is 0 Å². The Morgan fingerprint density at radius 3 is 2.50 bits per heavy atom. The van der Waals surface area contributed by atoms with Gasteiger partial charge in [-0.1, -0.05) is 12.1 Å². The molecule has 1 aliphatic rings. The van der Waals surface area contributed by atoms with Crippen LogP contribution in [0.4, 0.5) is 5.69 Å². The molecule has 0 aliphatic carbocycles. The summed E-state index contributed by atoms with van der Waals surface area (Å²) in [5, 5.41) is 7.50.